The van der Waals surface area contributed by atoms with Crippen LogP contribution in [-0.2, 0) is 19.4 Å². The summed E-state index contributed by atoms with van der Waals surface area (Å²) in [5.41, 5.74) is 0. The van der Waals surface area contributed by atoms with Crippen molar-refractivity contribution in [2.24, 2.45) is 0 Å². The Morgan fingerprint density at radius 1 is 0.758 bits per heavy atom. The SMILES string of the molecule is Clc1[c-]c(OC2CCCCC2)nc(OC2CCCCC2)n1.[C-]1=CC=CC1.[C-]1=CC=CC1.[Cl][Ti+3]. The van der Waals surface area contributed by atoms with Gasteiger partial charge in [0.2, 0.25) is 0 Å². The number of nitrogens with zero attached hydrogens (tertiary/aromatic N) is 2. The predicted octanol–water partition coefficient (Wildman–Crippen LogP) is 7.65. The molecule has 0 radical (unpaired) electrons. The molecule has 0 atom stereocenters. The number of ether oxygens (including phenoxy) is 2. The number of aromatic nitrogens is 2. The summed E-state index contributed by atoms with van der Waals surface area (Å²) < 4.78 is 11.8. The fourth-order valence-electron chi connectivity index (χ4n) is 3.80. The van der Waals surface area contributed by atoms with Crippen LogP contribution in [0.4, 0.5) is 0 Å². The molecule has 0 amide bonds. The van der Waals surface area contributed by atoms with Gasteiger partial charge in [0.1, 0.15) is 6.10 Å². The fraction of sp³-hybridized carbons (Fsp3) is 0.538. The van der Waals surface area contributed by atoms with Crippen LogP contribution in [0.25, 0.3) is 0 Å². The maximum absolute atomic E-state index is 6.02. The molecule has 33 heavy (non-hydrogen) atoms. The maximum atomic E-state index is 6.02. The van der Waals surface area contributed by atoms with Gasteiger partial charge in [0, 0.05) is 5.88 Å². The summed E-state index contributed by atoms with van der Waals surface area (Å²) in [6.45, 7) is 0. The van der Waals surface area contributed by atoms with Gasteiger partial charge in [-0.1, -0.05) is 12.8 Å². The number of halogens is 2. The topological polar surface area (TPSA) is 44.2 Å². The molecule has 4 aliphatic rings. The Balaban J connectivity index is 0.000000261. The molecule has 176 valence electrons. The van der Waals surface area contributed by atoms with E-state index < -0.39 is 0 Å². The second kappa shape index (κ2) is 18.3. The zero-order valence-electron chi connectivity index (χ0n) is 19.1. The first kappa shape index (κ1) is 28.2. The van der Waals surface area contributed by atoms with E-state index in [-0.39, 0.29) is 17.4 Å². The Bertz CT molecular complexity index is 691. The van der Waals surface area contributed by atoms with Gasteiger partial charge in [0.15, 0.2) is 0 Å². The Kier molecular flexibility index (Phi) is 15.6. The first-order chi connectivity index (χ1) is 16.3. The summed E-state index contributed by atoms with van der Waals surface area (Å²) in [5.74, 6) is 0.424. The van der Waals surface area contributed by atoms with Gasteiger partial charge in [0.05, 0.1) is 6.10 Å². The number of hydrogen-bond donors (Lipinski definition) is 0. The Hall–Kier alpha value is -1.07. The van der Waals surface area contributed by atoms with E-state index in [0.29, 0.717) is 11.9 Å². The summed E-state index contributed by atoms with van der Waals surface area (Å²) in [7, 11) is 4.64. The number of hydrogen-bond acceptors (Lipinski definition) is 4. The van der Waals surface area contributed by atoms with Crippen LogP contribution in [0.5, 0.6) is 11.9 Å². The monoisotopic (exact) mass is 522 g/mol. The van der Waals surface area contributed by atoms with Crippen molar-refractivity contribution in [1.29, 1.82) is 0 Å². The quantitative estimate of drug-likeness (QED) is 0.231. The van der Waals surface area contributed by atoms with Gasteiger partial charge < -0.3 is 15.5 Å². The van der Waals surface area contributed by atoms with Crippen LogP contribution in [0.2, 0.25) is 5.15 Å². The molecule has 0 aliphatic heterocycles. The van der Waals surface area contributed by atoms with Gasteiger partial charge in [-0.15, -0.1) is 24.4 Å². The molecule has 1 heterocycles. The van der Waals surface area contributed by atoms with Crippen LogP contribution < -0.4 is 9.47 Å². The van der Waals surface area contributed by atoms with Crippen molar-refractivity contribution in [3.05, 3.63) is 59.8 Å². The molecule has 0 unspecified atom stereocenters. The molecule has 5 rings (SSSR count). The molecule has 2 saturated carbocycles. The van der Waals surface area contributed by atoms with E-state index in [1.165, 1.54) is 57.9 Å². The van der Waals surface area contributed by atoms with Crippen LogP contribution in [0.1, 0.15) is 77.0 Å². The van der Waals surface area contributed by atoms with Crippen LogP contribution in [0, 0.1) is 18.2 Å². The molecule has 0 N–H and O–H groups in total. The van der Waals surface area contributed by atoms with Gasteiger partial charge in [-0.25, -0.2) is 29.3 Å². The zero-order chi connectivity index (χ0) is 23.6. The molecule has 0 saturated heterocycles. The number of allylic oxidation sites excluding steroid dienone is 8. The van der Waals surface area contributed by atoms with Crippen LogP contribution in [0.15, 0.2) is 36.5 Å². The molecule has 0 aromatic carbocycles. The van der Waals surface area contributed by atoms with E-state index in [1.54, 1.807) is 0 Å². The molecule has 7 heteroatoms. The Morgan fingerprint density at radius 3 is 1.70 bits per heavy atom. The van der Waals surface area contributed by atoms with Crippen LogP contribution in [-0.4, -0.2) is 22.2 Å². The van der Waals surface area contributed by atoms with Gasteiger partial charge in [-0.3, -0.25) is 12.2 Å². The molecule has 4 aliphatic carbocycles. The minimum atomic E-state index is 0.208. The van der Waals surface area contributed by atoms with Crippen molar-refractivity contribution in [1.82, 2.24) is 9.97 Å². The van der Waals surface area contributed by atoms with Crippen molar-refractivity contribution >= 4 is 20.9 Å². The number of rotatable bonds is 4. The Morgan fingerprint density at radius 2 is 1.27 bits per heavy atom. The van der Waals surface area contributed by atoms with Crippen LogP contribution in [0.3, 0.4) is 0 Å². The van der Waals surface area contributed by atoms with Gasteiger partial charge in [0.25, 0.3) is 0 Å². The third-order valence-electron chi connectivity index (χ3n) is 5.43. The van der Waals surface area contributed by atoms with Crippen molar-refractivity contribution in [3.63, 3.8) is 0 Å². The van der Waals surface area contributed by atoms with Crippen molar-refractivity contribution < 1.29 is 28.8 Å². The third kappa shape index (κ3) is 12.8. The first-order valence-corrected chi connectivity index (χ1v) is 14.2. The molecular formula is C26H32Cl2N2O2Ti. The van der Waals surface area contributed by atoms with Gasteiger partial charge in [-0.05, 0) is 56.5 Å². The van der Waals surface area contributed by atoms with E-state index in [2.05, 4.69) is 49.6 Å². The average molecular weight is 523 g/mol. The molecule has 4 nitrogen and oxygen atoms in total. The predicted molar refractivity (Wildman–Crippen MR) is 130 cm³/mol. The van der Waals surface area contributed by atoms with E-state index in [1.807, 2.05) is 24.3 Å². The molecule has 1 aromatic heterocycles. The minimum absolute atomic E-state index is 0.208. The van der Waals surface area contributed by atoms with E-state index in [0.717, 1.165) is 38.5 Å². The second-order valence-corrected chi connectivity index (χ2v) is 8.35. The fourth-order valence-corrected chi connectivity index (χ4v) is 3.95. The molecule has 0 bridgehead atoms. The van der Waals surface area contributed by atoms with Crippen molar-refractivity contribution in [2.75, 3.05) is 0 Å². The van der Waals surface area contributed by atoms with Crippen LogP contribution >= 0.6 is 20.9 Å². The summed E-state index contributed by atoms with van der Waals surface area (Å²) in [6, 6.07) is 3.20. The third-order valence-corrected chi connectivity index (χ3v) is 5.61. The van der Waals surface area contributed by atoms with Crippen molar-refractivity contribution in [3.8, 4) is 11.9 Å². The summed E-state index contributed by atoms with van der Waals surface area (Å²) >= 11 is 7.49. The van der Waals surface area contributed by atoms with Gasteiger partial charge in [-0.2, -0.15) is 17.1 Å². The first-order valence-electron chi connectivity index (χ1n) is 11.7. The molecule has 1 aromatic rings. The summed E-state index contributed by atoms with van der Waals surface area (Å²) in [4.78, 5) is 8.44. The summed E-state index contributed by atoms with van der Waals surface area (Å²) in [6.07, 6.45) is 32.2. The molecular weight excluding hydrogens is 491 g/mol. The van der Waals surface area contributed by atoms with E-state index >= 15 is 0 Å². The standard InChI is InChI=1S/C16H22ClN2O2.2C5H5.ClH.Ti/c17-14-11-15(20-12-7-3-1-4-8-12)19-16(18-14)21-13-9-5-2-6-10-13;2*1-2-4-5-3-1;;/h12-13H,1-10H2;2*1-3H,4H2;1H;/q3*-1;;+4/p-1. The Labute approximate surface area is 219 Å². The van der Waals surface area contributed by atoms with Crippen molar-refractivity contribution in [2.45, 2.75) is 89.3 Å². The normalized spacial score (nSPS) is 19.0. The molecule has 0 spiro atoms. The summed E-state index contributed by atoms with van der Waals surface area (Å²) in [5, 5.41) is 0.265. The molecule has 2 fully saturated rings. The van der Waals surface area contributed by atoms with Gasteiger partial charge >= 0.3 is 34.7 Å². The zero-order valence-corrected chi connectivity index (χ0v) is 22.1. The second-order valence-electron chi connectivity index (χ2n) is 7.99. The van der Waals surface area contributed by atoms with E-state index in [9.17, 15) is 0 Å². The average Bonchev–Trinajstić information content (AvgIpc) is 3.61. The van der Waals surface area contributed by atoms with E-state index in [4.69, 9.17) is 21.1 Å².